The van der Waals surface area contributed by atoms with E-state index in [1.54, 1.807) is 4.68 Å². The smallest absolute Gasteiger partial charge is 0.0779 e. The molecular formula is C14H25N3O. The molecular weight excluding hydrogens is 226 g/mol. The Kier molecular flexibility index (Phi) is 4.07. The van der Waals surface area contributed by atoms with E-state index in [-0.39, 0.29) is 11.6 Å². The van der Waals surface area contributed by atoms with Gasteiger partial charge in [-0.25, -0.2) is 0 Å². The summed E-state index contributed by atoms with van der Waals surface area (Å²) in [6.45, 7) is 0. The number of rotatable bonds is 4. The minimum Gasteiger partial charge on any atom is -0.391 e. The van der Waals surface area contributed by atoms with Gasteiger partial charge in [-0.05, 0) is 33.0 Å². The molecule has 18 heavy (non-hydrogen) atoms. The highest BCUT2D eigenvalue weighted by Gasteiger charge is 2.41. The van der Waals surface area contributed by atoms with Crippen LogP contribution in [0.25, 0.3) is 0 Å². The SMILES string of the molecule is CN(C)C1(C(O)Cc2ccn(C)n2)CCCCC1. The van der Waals surface area contributed by atoms with Crippen molar-refractivity contribution in [3.63, 3.8) is 0 Å². The minimum absolute atomic E-state index is 0.0598. The second-order valence-electron chi connectivity index (χ2n) is 5.76. The summed E-state index contributed by atoms with van der Waals surface area (Å²) < 4.78 is 1.80. The van der Waals surface area contributed by atoms with Crippen LogP contribution in [0.4, 0.5) is 0 Å². The summed E-state index contributed by atoms with van der Waals surface area (Å²) >= 11 is 0. The molecule has 4 heteroatoms. The van der Waals surface area contributed by atoms with Gasteiger partial charge in [0, 0.05) is 25.2 Å². The van der Waals surface area contributed by atoms with Crippen molar-refractivity contribution in [3.8, 4) is 0 Å². The zero-order valence-electron chi connectivity index (χ0n) is 11.8. The number of nitrogens with zero attached hydrogens (tertiary/aromatic N) is 3. The third kappa shape index (κ3) is 2.59. The maximum Gasteiger partial charge on any atom is 0.0779 e. The third-order valence-electron chi connectivity index (χ3n) is 4.40. The van der Waals surface area contributed by atoms with Crippen LogP contribution in [-0.2, 0) is 13.5 Å². The highest BCUT2D eigenvalue weighted by molar-refractivity contribution is 5.06. The summed E-state index contributed by atoms with van der Waals surface area (Å²) in [6, 6.07) is 2.00. The van der Waals surface area contributed by atoms with E-state index in [1.807, 2.05) is 19.3 Å². The van der Waals surface area contributed by atoms with Crippen LogP contribution in [-0.4, -0.2) is 45.5 Å². The van der Waals surface area contributed by atoms with Crippen LogP contribution in [0.1, 0.15) is 37.8 Å². The lowest BCUT2D eigenvalue weighted by Crippen LogP contribution is -2.55. The number of hydrogen-bond donors (Lipinski definition) is 1. The van der Waals surface area contributed by atoms with Crippen molar-refractivity contribution in [2.75, 3.05) is 14.1 Å². The van der Waals surface area contributed by atoms with Crippen molar-refractivity contribution in [3.05, 3.63) is 18.0 Å². The van der Waals surface area contributed by atoms with E-state index in [9.17, 15) is 5.11 Å². The van der Waals surface area contributed by atoms with Crippen molar-refractivity contribution in [1.29, 1.82) is 0 Å². The monoisotopic (exact) mass is 251 g/mol. The Morgan fingerprint density at radius 3 is 2.56 bits per heavy atom. The summed E-state index contributed by atoms with van der Waals surface area (Å²) in [7, 11) is 6.10. The highest BCUT2D eigenvalue weighted by Crippen LogP contribution is 2.36. The Bertz CT molecular complexity index is 380. The molecule has 1 aliphatic rings. The topological polar surface area (TPSA) is 41.3 Å². The second-order valence-corrected chi connectivity index (χ2v) is 5.76. The molecule has 1 N–H and O–H groups in total. The molecule has 0 aliphatic heterocycles. The van der Waals surface area contributed by atoms with Gasteiger partial charge in [-0.1, -0.05) is 19.3 Å². The molecule has 4 nitrogen and oxygen atoms in total. The Hall–Kier alpha value is -0.870. The number of aryl methyl sites for hydroxylation is 1. The standard InChI is InChI=1S/C14H25N3O/c1-16(2)14(8-5-4-6-9-14)13(18)11-12-7-10-17(3)15-12/h7,10,13,18H,4-6,8-9,11H2,1-3H3. The quantitative estimate of drug-likeness (QED) is 0.883. The maximum atomic E-state index is 10.7. The van der Waals surface area contributed by atoms with E-state index in [4.69, 9.17) is 0 Å². The van der Waals surface area contributed by atoms with E-state index in [0.29, 0.717) is 6.42 Å². The summed E-state index contributed by atoms with van der Waals surface area (Å²) in [6.07, 6.45) is 8.18. The van der Waals surface area contributed by atoms with Crippen LogP contribution in [0.2, 0.25) is 0 Å². The van der Waals surface area contributed by atoms with Gasteiger partial charge >= 0.3 is 0 Å². The largest absolute Gasteiger partial charge is 0.391 e. The first-order valence-electron chi connectivity index (χ1n) is 6.88. The van der Waals surface area contributed by atoms with Crippen LogP contribution in [0.5, 0.6) is 0 Å². The Morgan fingerprint density at radius 1 is 1.39 bits per heavy atom. The van der Waals surface area contributed by atoms with Crippen LogP contribution >= 0.6 is 0 Å². The predicted molar refractivity (Wildman–Crippen MR) is 72.4 cm³/mol. The van der Waals surface area contributed by atoms with Crippen molar-refractivity contribution >= 4 is 0 Å². The van der Waals surface area contributed by atoms with Crippen LogP contribution < -0.4 is 0 Å². The fourth-order valence-corrected chi connectivity index (χ4v) is 3.20. The lowest BCUT2D eigenvalue weighted by atomic mass is 9.75. The number of aliphatic hydroxyl groups excluding tert-OH is 1. The number of hydrogen-bond acceptors (Lipinski definition) is 3. The fraction of sp³-hybridized carbons (Fsp3) is 0.786. The highest BCUT2D eigenvalue weighted by atomic mass is 16.3. The minimum atomic E-state index is -0.331. The van der Waals surface area contributed by atoms with Crippen molar-refractivity contribution in [1.82, 2.24) is 14.7 Å². The van der Waals surface area contributed by atoms with Gasteiger partial charge in [-0.15, -0.1) is 0 Å². The molecule has 0 spiro atoms. The molecule has 0 aromatic carbocycles. The molecule has 1 aromatic rings. The van der Waals surface area contributed by atoms with Crippen molar-refractivity contribution < 1.29 is 5.11 Å². The molecule has 0 radical (unpaired) electrons. The Balaban J connectivity index is 2.10. The molecule has 1 fully saturated rings. The van der Waals surface area contributed by atoms with Crippen molar-refractivity contribution in [2.45, 2.75) is 50.2 Å². The average molecular weight is 251 g/mol. The van der Waals surface area contributed by atoms with Crippen LogP contribution in [0, 0.1) is 0 Å². The molecule has 0 amide bonds. The molecule has 1 saturated carbocycles. The van der Waals surface area contributed by atoms with E-state index >= 15 is 0 Å². The number of aromatic nitrogens is 2. The Labute approximate surface area is 110 Å². The predicted octanol–water partition coefficient (Wildman–Crippen LogP) is 1.59. The molecule has 1 heterocycles. The first kappa shape index (κ1) is 13.6. The zero-order chi connectivity index (χ0) is 13.2. The lowest BCUT2D eigenvalue weighted by molar-refractivity contribution is -0.0315. The van der Waals surface area contributed by atoms with E-state index < -0.39 is 0 Å². The molecule has 1 unspecified atom stereocenters. The first-order valence-corrected chi connectivity index (χ1v) is 6.88. The molecule has 1 aliphatic carbocycles. The third-order valence-corrected chi connectivity index (χ3v) is 4.40. The van der Waals surface area contributed by atoms with E-state index in [2.05, 4.69) is 24.1 Å². The van der Waals surface area contributed by atoms with Gasteiger partial charge < -0.3 is 10.0 Å². The van der Waals surface area contributed by atoms with Gasteiger partial charge in [0.25, 0.3) is 0 Å². The normalized spacial score (nSPS) is 21.2. The second kappa shape index (κ2) is 5.41. The molecule has 0 bridgehead atoms. The molecule has 1 atom stereocenters. The maximum absolute atomic E-state index is 10.7. The van der Waals surface area contributed by atoms with E-state index in [0.717, 1.165) is 18.5 Å². The van der Waals surface area contributed by atoms with Gasteiger partial charge in [0.1, 0.15) is 0 Å². The van der Waals surface area contributed by atoms with Crippen LogP contribution in [0.15, 0.2) is 12.3 Å². The van der Waals surface area contributed by atoms with Crippen molar-refractivity contribution in [2.24, 2.45) is 7.05 Å². The zero-order valence-corrected chi connectivity index (χ0v) is 11.8. The van der Waals surface area contributed by atoms with E-state index in [1.165, 1.54) is 19.3 Å². The Morgan fingerprint density at radius 2 is 2.06 bits per heavy atom. The number of aliphatic hydroxyl groups is 1. The lowest BCUT2D eigenvalue weighted by Gasteiger charge is -2.46. The summed E-state index contributed by atoms with van der Waals surface area (Å²) in [5.74, 6) is 0. The summed E-state index contributed by atoms with van der Waals surface area (Å²) in [5.41, 5.74) is 0.923. The number of likely N-dealkylation sites (N-methyl/N-ethyl adjacent to an activating group) is 1. The first-order chi connectivity index (χ1) is 8.54. The molecule has 1 aromatic heterocycles. The summed E-state index contributed by atoms with van der Waals surface area (Å²) in [4.78, 5) is 2.22. The molecule has 0 saturated heterocycles. The molecule has 102 valence electrons. The molecule has 2 rings (SSSR count). The van der Waals surface area contributed by atoms with Gasteiger partial charge in [0.05, 0.1) is 11.8 Å². The van der Waals surface area contributed by atoms with Crippen LogP contribution in [0.3, 0.4) is 0 Å². The summed E-state index contributed by atoms with van der Waals surface area (Å²) in [5, 5.41) is 15.0. The average Bonchev–Trinajstić information content (AvgIpc) is 2.75. The fourth-order valence-electron chi connectivity index (χ4n) is 3.20. The van der Waals surface area contributed by atoms with Gasteiger partial charge in [-0.2, -0.15) is 5.10 Å². The van der Waals surface area contributed by atoms with Gasteiger partial charge in [0.15, 0.2) is 0 Å². The van der Waals surface area contributed by atoms with Gasteiger partial charge in [0.2, 0.25) is 0 Å². The van der Waals surface area contributed by atoms with Gasteiger partial charge in [-0.3, -0.25) is 4.68 Å².